The van der Waals surface area contributed by atoms with Gasteiger partial charge in [-0.1, -0.05) is 23.7 Å². The summed E-state index contributed by atoms with van der Waals surface area (Å²) >= 11 is 5.97. The topological polar surface area (TPSA) is 26.0 Å². The van der Waals surface area contributed by atoms with E-state index in [1.807, 2.05) is 19.1 Å². The highest BCUT2D eigenvalue weighted by Crippen LogP contribution is 2.40. The Morgan fingerprint density at radius 3 is 2.73 bits per heavy atom. The second-order valence-corrected chi connectivity index (χ2v) is 3.78. The zero-order valence-corrected chi connectivity index (χ0v) is 7.15. The fourth-order valence-corrected chi connectivity index (χ4v) is 2.14. The predicted octanol–water partition coefficient (Wildman–Crippen LogP) is 2.07. The van der Waals surface area contributed by atoms with Crippen LogP contribution in [0, 0.1) is 0 Å². The van der Waals surface area contributed by atoms with Crippen LogP contribution in [0.1, 0.15) is 18.1 Å². The second-order valence-electron chi connectivity index (χ2n) is 3.37. The molecule has 1 atom stereocenters. The summed E-state index contributed by atoms with van der Waals surface area (Å²) in [5.74, 6) is 0. The van der Waals surface area contributed by atoms with Crippen LogP contribution in [0.3, 0.4) is 0 Å². The Labute approximate surface area is 71.2 Å². The van der Waals surface area contributed by atoms with Crippen LogP contribution in [0.15, 0.2) is 18.2 Å². The first kappa shape index (κ1) is 7.14. The molecule has 1 nitrogen and oxygen atoms in total. The van der Waals surface area contributed by atoms with Gasteiger partial charge in [0.2, 0.25) is 0 Å². The van der Waals surface area contributed by atoms with Crippen molar-refractivity contribution in [3.05, 3.63) is 34.3 Å². The van der Waals surface area contributed by atoms with Gasteiger partial charge in [0.15, 0.2) is 0 Å². The van der Waals surface area contributed by atoms with Gasteiger partial charge < -0.3 is 5.73 Å². The number of benzene rings is 1. The van der Waals surface area contributed by atoms with Crippen molar-refractivity contribution in [1.82, 2.24) is 0 Å². The SMILES string of the molecule is CC1(N)Cc2cccc(Cl)c21. The smallest absolute Gasteiger partial charge is 0.0459 e. The van der Waals surface area contributed by atoms with Crippen LogP contribution in [0.4, 0.5) is 0 Å². The quantitative estimate of drug-likeness (QED) is 0.629. The Bertz CT molecular complexity index is 290. The van der Waals surface area contributed by atoms with Gasteiger partial charge >= 0.3 is 0 Å². The minimum atomic E-state index is -0.187. The van der Waals surface area contributed by atoms with Crippen molar-refractivity contribution in [1.29, 1.82) is 0 Å². The van der Waals surface area contributed by atoms with E-state index in [4.69, 9.17) is 17.3 Å². The Morgan fingerprint density at radius 2 is 2.27 bits per heavy atom. The van der Waals surface area contributed by atoms with Crippen LogP contribution >= 0.6 is 11.6 Å². The summed E-state index contributed by atoms with van der Waals surface area (Å²) in [6.45, 7) is 2.02. The fourth-order valence-electron chi connectivity index (χ4n) is 1.73. The molecule has 1 aliphatic carbocycles. The van der Waals surface area contributed by atoms with Gasteiger partial charge in [0.25, 0.3) is 0 Å². The van der Waals surface area contributed by atoms with Crippen molar-refractivity contribution in [2.75, 3.05) is 0 Å². The molecule has 11 heavy (non-hydrogen) atoms. The molecule has 1 unspecified atom stereocenters. The van der Waals surface area contributed by atoms with E-state index in [1.165, 1.54) is 5.56 Å². The Kier molecular flexibility index (Phi) is 1.29. The molecule has 0 fully saturated rings. The maximum absolute atomic E-state index is 5.97. The van der Waals surface area contributed by atoms with Crippen molar-refractivity contribution < 1.29 is 0 Å². The van der Waals surface area contributed by atoms with Crippen molar-refractivity contribution in [3.63, 3.8) is 0 Å². The molecule has 0 amide bonds. The van der Waals surface area contributed by atoms with Crippen LogP contribution in [0.25, 0.3) is 0 Å². The van der Waals surface area contributed by atoms with E-state index in [-0.39, 0.29) is 5.54 Å². The molecule has 2 heteroatoms. The van der Waals surface area contributed by atoms with E-state index in [9.17, 15) is 0 Å². The molecule has 0 saturated carbocycles. The molecule has 1 aromatic carbocycles. The standard InChI is InChI=1S/C9H10ClN/c1-9(11)5-6-3-2-4-7(10)8(6)9/h2-4H,5,11H2,1H3. The summed E-state index contributed by atoms with van der Waals surface area (Å²) in [5, 5.41) is 0.804. The third-order valence-electron chi connectivity index (χ3n) is 2.23. The highest BCUT2D eigenvalue weighted by molar-refractivity contribution is 6.31. The lowest BCUT2D eigenvalue weighted by Gasteiger charge is -2.38. The van der Waals surface area contributed by atoms with E-state index in [0.29, 0.717) is 0 Å². The summed E-state index contributed by atoms with van der Waals surface area (Å²) < 4.78 is 0. The first-order valence-electron chi connectivity index (χ1n) is 3.68. The van der Waals surface area contributed by atoms with Crippen LogP contribution < -0.4 is 5.73 Å². The summed E-state index contributed by atoms with van der Waals surface area (Å²) in [4.78, 5) is 0. The summed E-state index contributed by atoms with van der Waals surface area (Å²) in [5.41, 5.74) is 8.18. The Balaban J connectivity index is 2.60. The molecule has 0 saturated heterocycles. The second kappa shape index (κ2) is 1.99. The van der Waals surface area contributed by atoms with Crippen molar-refractivity contribution >= 4 is 11.6 Å². The average Bonchev–Trinajstić information content (AvgIpc) is 1.84. The number of fused-ring (bicyclic) bond motifs is 1. The molecule has 0 heterocycles. The first-order chi connectivity index (χ1) is 5.11. The number of halogens is 1. The highest BCUT2D eigenvalue weighted by atomic mass is 35.5. The van der Waals surface area contributed by atoms with Gasteiger partial charge in [-0.25, -0.2) is 0 Å². The van der Waals surface area contributed by atoms with Gasteiger partial charge in [-0.05, 0) is 30.5 Å². The highest BCUT2D eigenvalue weighted by Gasteiger charge is 2.36. The van der Waals surface area contributed by atoms with E-state index in [0.717, 1.165) is 17.0 Å². The van der Waals surface area contributed by atoms with E-state index in [1.54, 1.807) is 0 Å². The molecule has 0 aliphatic heterocycles. The monoisotopic (exact) mass is 167 g/mol. The molecular weight excluding hydrogens is 158 g/mol. The lowest BCUT2D eigenvalue weighted by atomic mass is 9.73. The van der Waals surface area contributed by atoms with Crippen LogP contribution in [-0.4, -0.2) is 0 Å². The Morgan fingerprint density at radius 1 is 1.55 bits per heavy atom. The van der Waals surface area contributed by atoms with Crippen molar-refractivity contribution in [3.8, 4) is 0 Å². The number of hydrogen-bond acceptors (Lipinski definition) is 1. The fraction of sp³-hybridized carbons (Fsp3) is 0.333. The molecule has 0 bridgehead atoms. The molecule has 2 rings (SSSR count). The van der Waals surface area contributed by atoms with E-state index in [2.05, 4.69) is 6.07 Å². The minimum absolute atomic E-state index is 0.187. The van der Waals surface area contributed by atoms with Gasteiger partial charge in [-0.3, -0.25) is 0 Å². The third-order valence-corrected chi connectivity index (χ3v) is 2.54. The van der Waals surface area contributed by atoms with Crippen molar-refractivity contribution in [2.45, 2.75) is 18.9 Å². The zero-order chi connectivity index (χ0) is 8.06. The largest absolute Gasteiger partial charge is 0.321 e. The molecule has 0 spiro atoms. The molecule has 1 aromatic rings. The van der Waals surface area contributed by atoms with Gasteiger partial charge in [0.1, 0.15) is 0 Å². The van der Waals surface area contributed by atoms with Crippen LogP contribution in [-0.2, 0) is 12.0 Å². The molecule has 2 N–H and O–H groups in total. The molecule has 0 radical (unpaired) electrons. The minimum Gasteiger partial charge on any atom is -0.321 e. The van der Waals surface area contributed by atoms with Crippen LogP contribution in [0.5, 0.6) is 0 Å². The summed E-state index contributed by atoms with van der Waals surface area (Å²) in [7, 11) is 0. The number of rotatable bonds is 0. The predicted molar refractivity (Wildman–Crippen MR) is 46.7 cm³/mol. The van der Waals surface area contributed by atoms with Crippen molar-refractivity contribution in [2.24, 2.45) is 5.73 Å². The summed E-state index contributed by atoms with van der Waals surface area (Å²) in [6.07, 6.45) is 0.947. The first-order valence-corrected chi connectivity index (χ1v) is 4.06. The van der Waals surface area contributed by atoms with E-state index < -0.39 is 0 Å². The maximum atomic E-state index is 5.97. The lowest BCUT2D eigenvalue weighted by Crippen LogP contribution is -2.44. The Hall–Kier alpha value is -0.530. The zero-order valence-electron chi connectivity index (χ0n) is 6.39. The van der Waals surface area contributed by atoms with Crippen LogP contribution in [0.2, 0.25) is 5.02 Å². The lowest BCUT2D eigenvalue weighted by molar-refractivity contribution is 0.428. The molecular formula is C9H10ClN. The van der Waals surface area contributed by atoms with Gasteiger partial charge in [0, 0.05) is 10.6 Å². The average molecular weight is 168 g/mol. The third kappa shape index (κ3) is 0.883. The molecule has 0 aromatic heterocycles. The summed E-state index contributed by atoms with van der Waals surface area (Å²) in [6, 6.07) is 5.94. The normalized spacial score (nSPS) is 27.5. The number of nitrogens with two attached hydrogens (primary N) is 1. The maximum Gasteiger partial charge on any atom is 0.0459 e. The van der Waals surface area contributed by atoms with E-state index >= 15 is 0 Å². The number of hydrogen-bond donors (Lipinski definition) is 1. The van der Waals surface area contributed by atoms with Gasteiger partial charge in [-0.15, -0.1) is 0 Å². The molecule has 1 aliphatic rings. The van der Waals surface area contributed by atoms with Gasteiger partial charge in [-0.2, -0.15) is 0 Å². The van der Waals surface area contributed by atoms with Gasteiger partial charge in [0.05, 0.1) is 0 Å². The molecule has 58 valence electrons.